The molecule has 3 rings (SSSR count). The summed E-state index contributed by atoms with van der Waals surface area (Å²) in [4.78, 5) is 11.8. The van der Waals surface area contributed by atoms with E-state index in [0.717, 1.165) is 24.0 Å². The normalized spacial score (nSPS) is 14.9. The maximum atomic E-state index is 11.8. The van der Waals surface area contributed by atoms with Crippen molar-refractivity contribution in [2.75, 3.05) is 13.2 Å². The smallest absolute Gasteiger partial charge is 0.257 e. The highest BCUT2D eigenvalue weighted by Gasteiger charge is 2.28. The van der Waals surface area contributed by atoms with Crippen LogP contribution in [0.5, 0.6) is 5.75 Å². The first-order valence-corrected chi connectivity index (χ1v) is 8.51. The van der Waals surface area contributed by atoms with Gasteiger partial charge in [0.1, 0.15) is 5.75 Å². The molecule has 1 saturated carbocycles. The van der Waals surface area contributed by atoms with E-state index in [4.69, 9.17) is 22.1 Å². The fourth-order valence-electron chi connectivity index (χ4n) is 2.55. The van der Waals surface area contributed by atoms with Gasteiger partial charge in [0.2, 0.25) is 0 Å². The summed E-state index contributed by atoms with van der Waals surface area (Å²) in [7, 11) is 0. The monoisotopic (exact) mass is 344 g/mol. The molecule has 1 atom stereocenters. The summed E-state index contributed by atoms with van der Waals surface area (Å²) in [6.07, 6.45) is 2.33. The molecule has 0 aliphatic heterocycles. The van der Waals surface area contributed by atoms with Crippen molar-refractivity contribution in [2.45, 2.75) is 18.9 Å². The third kappa shape index (κ3) is 4.49. The summed E-state index contributed by atoms with van der Waals surface area (Å²) in [5.74, 6) is 0.874. The SMILES string of the molecule is NC(CNC(=O)COc1ccc(-c2ccccc2)cc1Cl)C1CC1. The van der Waals surface area contributed by atoms with Gasteiger partial charge < -0.3 is 15.8 Å². The van der Waals surface area contributed by atoms with Gasteiger partial charge in [0.15, 0.2) is 6.61 Å². The molecule has 4 nitrogen and oxygen atoms in total. The fourth-order valence-corrected chi connectivity index (χ4v) is 2.78. The summed E-state index contributed by atoms with van der Waals surface area (Å²) in [6, 6.07) is 15.6. The van der Waals surface area contributed by atoms with E-state index in [2.05, 4.69) is 5.32 Å². The summed E-state index contributed by atoms with van der Waals surface area (Å²) in [5, 5.41) is 3.28. The van der Waals surface area contributed by atoms with Gasteiger partial charge in [-0.15, -0.1) is 0 Å². The van der Waals surface area contributed by atoms with Crippen LogP contribution in [-0.4, -0.2) is 25.1 Å². The topological polar surface area (TPSA) is 64.3 Å². The van der Waals surface area contributed by atoms with Crippen LogP contribution in [0.3, 0.4) is 0 Å². The zero-order chi connectivity index (χ0) is 16.9. The highest BCUT2D eigenvalue weighted by molar-refractivity contribution is 6.32. The molecule has 1 fully saturated rings. The second kappa shape index (κ2) is 7.69. The molecule has 1 aliphatic rings. The number of nitrogens with one attached hydrogen (secondary N) is 1. The van der Waals surface area contributed by atoms with E-state index in [1.165, 1.54) is 0 Å². The molecule has 3 N–H and O–H groups in total. The van der Waals surface area contributed by atoms with Gasteiger partial charge in [0, 0.05) is 12.6 Å². The Morgan fingerprint density at radius 1 is 1.21 bits per heavy atom. The number of benzene rings is 2. The highest BCUT2D eigenvalue weighted by atomic mass is 35.5. The van der Waals surface area contributed by atoms with E-state index < -0.39 is 0 Å². The molecule has 0 bridgehead atoms. The number of hydrogen-bond donors (Lipinski definition) is 2. The van der Waals surface area contributed by atoms with Crippen molar-refractivity contribution in [1.82, 2.24) is 5.32 Å². The van der Waals surface area contributed by atoms with Crippen LogP contribution in [0.1, 0.15) is 12.8 Å². The van der Waals surface area contributed by atoms with Crippen molar-refractivity contribution >= 4 is 17.5 Å². The number of ether oxygens (including phenoxy) is 1. The quantitative estimate of drug-likeness (QED) is 0.810. The first-order valence-electron chi connectivity index (χ1n) is 8.13. The molecule has 0 aromatic heterocycles. The molecule has 2 aromatic carbocycles. The molecular weight excluding hydrogens is 324 g/mol. The van der Waals surface area contributed by atoms with E-state index in [-0.39, 0.29) is 18.6 Å². The van der Waals surface area contributed by atoms with E-state index in [9.17, 15) is 4.79 Å². The molecule has 0 radical (unpaired) electrons. The number of amides is 1. The van der Waals surface area contributed by atoms with Gasteiger partial charge in [0.05, 0.1) is 5.02 Å². The van der Waals surface area contributed by atoms with Crippen LogP contribution in [0.25, 0.3) is 11.1 Å². The van der Waals surface area contributed by atoms with Crippen molar-refractivity contribution in [1.29, 1.82) is 0 Å². The van der Waals surface area contributed by atoms with Crippen molar-refractivity contribution in [2.24, 2.45) is 11.7 Å². The Hall–Kier alpha value is -2.04. The Morgan fingerprint density at radius 2 is 1.96 bits per heavy atom. The van der Waals surface area contributed by atoms with E-state index >= 15 is 0 Å². The molecule has 1 aliphatic carbocycles. The average molecular weight is 345 g/mol. The van der Waals surface area contributed by atoms with Crippen LogP contribution in [0.2, 0.25) is 5.02 Å². The van der Waals surface area contributed by atoms with Gasteiger partial charge in [0.25, 0.3) is 5.91 Å². The molecule has 5 heteroatoms. The number of hydrogen-bond acceptors (Lipinski definition) is 3. The lowest BCUT2D eigenvalue weighted by Gasteiger charge is -2.13. The van der Waals surface area contributed by atoms with E-state index in [0.29, 0.717) is 23.2 Å². The third-order valence-electron chi connectivity index (χ3n) is 4.16. The lowest BCUT2D eigenvalue weighted by Crippen LogP contribution is -2.40. The van der Waals surface area contributed by atoms with E-state index in [1.54, 1.807) is 6.07 Å². The lowest BCUT2D eigenvalue weighted by atomic mass is 10.1. The van der Waals surface area contributed by atoms with Crippen LogP contribution < -0.4 is 15.8 Å². The van der Waals surface area contributed by atoms with Gasteiger partial charge in [-0.2, -0.15) is 0 Å². The molecule has 1 unspecified atom stereocenters. The van der Waals surface area contributed by atoms with E-state index in [1.807, 2.05) is 42.5 Å². The van der Waals surface area contributed by atoms with Crippen molar-refractivity contribution in [3.8, 4) is 16.9 Å². The fraction of sp³-hybridized carbons (Fsp3) is 0.316. The average Bonchev–Trinajstić information content (AvgIpc) is 3.44. The second-order valence-corrected chi connectivity index (χ2v) is 6.51. The van der Waals surface area contributed by atoms with Gasteiger partial charge in [-0.3, -0.25) is 4.79 Å². The molecule has 2 aromatic rings. The van der Waals surface area contributed by atoms with Gasteiger partial charge in [-0.05, 0) is 42.0 Å². The zero-order valence-corrected chi connectivity index (χ0v) is 14.1. The van der Waals surface area contributed by atoms with Crippen molar-refractivity contribution in [3.63, 3.8) is 0 Å². The van der Waals surface area contributed by atoms with Crippen LogP contribution in [-0.2, 0) is 4.79 Å². The minimum absolute atomic E-state index is 0.0442. The highest BCUT2D eigenvalue weighted by Crippen LogP contribution is 2.31. The summed E-state index contributed by atoms with van der Waals surface area (Å²) >= 11 is 6.26. The van der Waals surface area contributed by atoms with Gasteiger partial charge in [-0.25, -0.2) is 0 Å². The van der Waals surface area contributed by atoms with Crippen molar-refractivity contribution in [3.05, 3.63) is 53.6 Å². The molecule has 24 heavy (non-hydrogen) atoms. The Balaban J connectivity index is 1.52. The number of carbonyl (C=O) groups excluding carboxylic acids is 1. The molecule has 1 amide bonds. The standard InChI is InChI=1S/C19H21ClN2O2/c20-16-10-15(13-4-2-1-3-5-13)8-9-18(16)24-12-19(23)22-11-17(21)14-6-7-14/h1-5,8-10,14,17H,6-7,11-12,21H2,(H,22,23). The lowest BCUT2D eigenvalue weighted by molar-refractivity contribution is -0.123. The number of nitrogens with two attached hydrogens (primary N) is 1. The third-order valence-corrected chi connectivity index (χ3v) is 4.46. The first-order chi connectivity index (χ1) is 11.6. The maximum absolute atomic E-state index is 11.8. The summed E-state index contributed by atoms with van der Waals surface area (Å²) in [6.45, 7) is 0.426. The summed E-state index contributed by atoms with van der Waals surface area (Å²) in [5.41, 5.74) is 8.04. The molecule has 126 valence electrons. The molecular formula is C19H21ClN2O2. The number of carbonyl (C=O) groups is 1. The molecule has 0 heterocycles. The predicted molar refractivity (Wildman–Crippen MR) is 96.1 cm³/mol. The van der Waals surface area contributed by atoms with Crippen molar-refractivity contribution < 1.29 is 9.53 Å². The molecule has 0 spiro atoms. The van der Waals surface area contributed by atoms with Crippen LogP contribution in [0.4, 0.5) is 0 Å². The van der Waals surface area contributed by atoms with Gasteiger partial charge >= 0.3 is 0 Å². The Morgan fingerprint density at radius 3 is 2.62 bits per heavy atom. The van der Waals surface area contributed by atoms with Crippen LogP contribution in [0.15, 0.2) is 48.5 Å². The largest absolute Gasteiger partial charge is 0.482 e. The molecule has 0 saturated heterocycles. The number of halogens is 1. The van der Waals surface area contributed by atoms with Crippen LogP contribution in [0, 0.1) is 5.92 Å². The number of rotatable bonds is 7. The predicted octanol–water partition coefficient (Wildman–Crippen LogP) is 3.24. The first kappa shape index (κ1) is 16.8. The second-order valence-electron chi connectivity index (χ2n) is 6.11. The zero-order valence-electron chi connectivity index (χ0n) is 13.4. The van der Waals surface area contributed by atoms with Crippen LogP contribution >= 0.6 is 11.6 Å². The Labute approximate surface area is 147 Å². The Bertz CT molecular complexity index is 702. The maximum Gasteiger partial charge on any atom is 0.257 e. The summed E-state index contributed by atoms with van der Waals surface area (Å²) < 4.78 is 5.51. The minimum atomic E-state index is -0.186. The van der Waals surface area contributed by atoms with Gasteiger partial charge in [-0.1, -0.05) is 48.0 Å². The minimum Gasteiger partial charge on any atom is -0.482 e. The Kier molecular flexibility index (Phi) is 5.38.